The number of rotatable bonds is 4. The summed E-state index contributed by atoms with van der Waals surface area (Å²) in [4.78, 5) is 28.5. The summed E-state index contributed by atoms with van der Waals surface area (Å²) in [6, 6.07) is -0.941. The maximum Gasteiger partial charge on any atom is 0.333 e. The van der Waals surface area contributed by atoms with Crippen LogP contribution >= 0.6 is 11.8 Å². The maximum absolute atomic E-state index is 12.4. The molecule has 0 radical (unpaired) electrons. The highest BCUT2D eigenvalue weighted by Gasteiger charge is 2.44. The topological polar surface area (TPSA) is 147 Å². The smallest absolute Gasteiger partial charge is 0.333 e. The number of aliphatic hydroxyl groups is 3. The number of hydrogen-bond donors (Lipinski definition) is 4. The molecule has 2 heterocycles. The summed E-state index contributed by atoms with van der Waals surface area (Å²) in [6.07, 6.45) is -1.94. The van der Waals surface area contributed by atoms with Gasteiger partial charge >= 0.3 is 5.69 Å². The van der Waals surface area contributed by atoms with Crippen molar-refractivity contribution in [1.29, 1.82) is 0 Å². The monoisotopic (exact) mass is 389 g/mol. The normalized spacial score (nSPS) is 29.8. The second-order valence-electron chi connectivity index (χ2n) is 6.05. The highest BCUT2D eigenvalue weighted by Crippen LogP contribution is 2.29. The molecule has 146 valence electrons. The average Bonchev–Trinajstić information content (AvgIpc) is 2.62. The lowest BCUT2D eigenvalue weighted by atomic mass is 9.98. The van der Waals surface area contributed by atoms with Crippen molar-refractivity contribution >= 4 is 17.5 Å². The van der Waals surface area contributed by atoms with E-state index in [4.69, 9.17) is 4.74 Å². The van der Waals surface area contributed by atoms with Gasteiger partial charge in [-0.15, -0.1) is 11.8 Å². The van der Waals surface area contributed by atoms with Crippen LogP contribution in [0.4, 0.5) is 0 Å². The molecule has 0 aromatic carbocycles. The summed E-state index contributed by atoms with van der Waals surface area (Å²) in [7, 11) is 2.59. The van der Waals surface area contributed by atoms with Crippen molar-refractivity contribution in [3.05, 3.63) is 26.4 Å². The minimum atomic E-state index is -1.36. The highest BCUT2D eigenvalue weighted by atomic mass is 32.2. The number of aromatic hydroxyl groups is 1. The molecule has 10 nitrogen and oxygen atoms in total. The van der Waals surface area contributed by atoms with Gasteiger partial charge in [0, 0.05) is 14.1 Å². The van der Waals surface area contributed by atoms with Gasteiger partial charge in [0.2, 0.25) is 5.88 Å². The van der Waals surface area contributed by atoms with Crippen molar-refractivity contribution in [2.75, 3.05) is 12.9 Å². The van der Waals surface area contributed by atoms with Gasteiger partial charge in [-0.3, -0.25) is 18.9 Å². The van der Waals surface area contributed by atoms with Crippen LogP contribution < -0.4 is 11.2 Å². The van der Waals surface area contributed by atoms with Gasteiger partial charge in [-0.05, 0) is 13.2 Å². The fourth-order valence-corrected chi connectivity index (χ4v) is 3.59. The second kappa shape index (κ2) is 7.92. The molecule has 1 aliphatic heterocycles. The molecule has 1 saturated heterocycles. The number of ether oxygens (including phenoxy) is 1. The van der Waals surface area contributed by atoms with Crippen molar-refractivity contribution in [2.24, 2.45) is 19.1 Å². The van der Waals surface area contributed by atoms with Crippen LogP contribution in [0.2, 0.25) is 0 Å². The Morgan fingerprint density at radius 2 is 1.85 bits per heavy atom. The van der Waals surface area contributed by atoms with Gasteiger partial charge < -0.3 is 25.2 Å². The number of thioether (sulfide) groups is 1. The Labute approximate surface area is 153 Å². The molecular formula is C15H23N3O7S. The van der Waals surface area contributed by atoms with Gasteiger partial charge in [-0.1, -0.05) is 0 Å². The van der Waals surface area contributed by atoms with E-state index in [0.717, 1.165) is 9.13 Å². The summed E-state index contributed by atoms with van der Waals surface area (Å²) in [5.41, 5.74) is -2.19. The third-order valence-electron chi connectivity index (χ3n) is 4.42. The van der Waals surface area contributed by atoms with Crippen molar-refractivity contribution in [1.82, 2.24) is 9.13 Å². The molecule has 0 aliphatic carbocycles. The fraction of sp³-hybridized carbons (Fsp3) is 0.667. The molecule has 0 saturated carbocycles. The van der Waals surface area contributed by atoms with Crippen molar-refractivity contribution in [3.63, 3.8) is 0 Å². The standard InChI is InChI=1S/C15H23N3O7S/c1-6(8-12(22)17(2)15(24)18(3)13(8)23)16-9-11(21)10(20)7(5-19)25-14(9)26-4/h7,9-11,14,19-22H,5H2,1-4H3/t7-,9+,10-,11-,14+/m1/s1. The summed E-state index contributed by atoms with van der Waals surface area (Å²) in [5, 5.41) is 39.9. The van der Waals surface area contributed by atoms with E-state index in [1.165, 1.54) is 32.8 Å². The van der Waals surface area contributed by atoms with E-state index < -0.39 is 53.5 Å². The van der Waals surface area contributed by atoms with Gasteiger partial charge in [0.1, 0.15) is 35.4 Å². The average molecular weight is 389 g/mol. The molecule has 0 amide bonds. The zero-order chi connectivity index (χ0) is 19.8. The number of hydrogen-bond acceptors (Lipinski definition) is 9. The van der Waals surface area contributed by atoms with Crippen LogP contribution in [0, 0.1) is 0 Å². The number of aromatic nitrogens is 2. The highest BCUT2D eigenvalue weighted by molar-refractivity contribution is 7.99. The van der Waals surface area contributed by atoms with Gasteiger partial charge in [-0.2, -0.15) is 0 Å². The molecule has 5 atom stereocenters. The van der Waals surface area contributed by atoms with E-state index in [2.05, 4.69) is 4.99 Å². The van der Waals surface area contributed by atoms with E-state index in [1.54, 1.807) is 6.26 Å². The van der Waals surface area contributed by atoms with Crippen LogP contribution in [-0.4, -0.2) is 77.9 Å². The lowest BCUT2D eigenvalue weighted by Gasteiger charge is -2.40. The van der Waals surface area contributed by atoms with E-state index in [1.807, 2.05) is 0 Å². The van der Waals surface area contributed by atoms with Crippen LogP contribution in [0.15, 0.2) is 14.6 Å². The first-order chi connectivity index (χ1) is 12.1. The molecule has 1 aromatic heterocycles. The third-order valence-corrected chi connectivity index (χ3v) is 5.27. The van der Waals surface area contributed by atoms with E-state index >= 15 is 0 Å². The third kappa shape index (κ3) is 3.45. The van der Waals surface area contributed by atoms with Gasteiger partial charge in [0.05, 0.1) is 12.3 Å². The largest absolute Gasteiger partial charge is 0.494 e. The van der Waals surface area contributed by atoms with Crippen molar-refractivity contribution in [2.45, 2.75) is 36.7 Å². The Kier molecular flexibility index (Phi) is 6.29. The summed E-state index contributed by atoms with van der Waals surface area (Å²) >= 11 is 1.22. The van der Waals surface area contributed by atoms with Crippen LogP contribution in [0.25, 0.3) is 0 Å². The van der Waals surface area contributed by atoms with Crippen molar-refractivity contribution < 1.29 is 25.2 Å². The Morgan fingerprint density at radius 3 is 2.38 bits per heavy atom. The Balaban J connectivity index is 2.53. The molecule has 1 fully saturated rings. The second-order valence-corrected chi connectivity index (χ2v) is 6.99. The van der Waals surface area contributed by atoms with Gasteiger partial charge in [0.25, 0.3) is 5.56 Å². The molecule has 2 rings (SSSR count). The molecule has 1 aliphatic rings. The van der Waals surface area contributed by atoms with Crippen LogP contribution in [0.1, 0.15) is 12.5 Å². The molecule has 26 heavy (non-hydrogen) atoms. The molecular weight excluding hydrogens is 366 g/mol. The zero-order valence-corrected chi connectivity index (χ0v) is 15.7. The number of aliphatic imine (C=N–C) groups is 1. The van der Waals surface area contributed by atoms with Gasteiger partial charge in [-0.25, -0.2) is 4.79 Å². The Hall–Kier alpha value is -1.66. The molecule has 0 unspecified atom stereocenters. The number of aliphatic hydroxyl groups excluding tert-OH is 3. The van der Waals surface area contributed by atoms with E-state index in [9.17, 15) is 30.0 Å². The van der Waals surface area contributed by atoms with E-state index in [-0.39, 0.29) is 11.3 Å². The predicted octanol–water partition coefficient (Wildman–Crippen LogP) is -2.23. The quantitative estimate of drug-likeness (QED) is 0.423. The minimum Gasteiger partial charge on any atom is -0.494 e. The van der Waals surface area contributed by atoms with Crippen LogP contribution in [0.3, 0.4) is 0 Å². The summed E-state index contributed by atoms with van der Waals surface area (Å²) in [5.74, 6) is -0.542. The van der Waals surface area contributed by atoms with E-state index in [0.29, 0.717) is 0 Å². The lowest BCUT2D eigenvalue weighted by molar-refractivity contribution is -0.165. The molecule has 0 spiro atoms. The number of nitrogens with zero attached hydrogens (tertiary/aromatic N) is 3. The lowest BCUT2D eigenvalue weighted by Crippen LogP contribution is -2.57. The first-order valence-electron chi connectivity index (χ1n) is 7.84. The first kappa shape index (κ1) is 20.6. The summed E-state index contributed by atoms with van der Waals surface area (Å²) < 4.78 is 7.29. The Morgan fingerprint density at radius 1 is 1.23 bits per heavy atom. The predicted molar refractivity (Wildman–Crippen MR) is 95.9 cm³/mol. The maximum atomic E-state index is 12.4. The molecule has 0 bridgehead atoms. The first-order valence-corrected chi connectivity index (χ1v) is 9.13. The summed E-state index contributed by atoms with van der Waals surface area (Å²) in [6.45, 7) is 0.988. The minimum absolute atomic E-state index is 0.0834. The van der Waals surface area contributed by atoms with Gasteiger partial charge in [0.15, 0.2) is 0 Å². The molecule has 11 heteroatoms. The molecule has 4 N–H and O–H groups in total. The zero-order valence-electron chi connectivity index (χ0n) is 14.9. The fourth-order valence-electron chi connectivity index (χ4n) is 2.84. The Bertz CT molecular complexity index is 817. The SMILES string of the molecule is CS[C@@H]1O[C@H](CO)[C@@H](O)[C@H](O)[C@@H]1N=C(C)c1c(O)n(C)c(=O)n(C)c1=O. The van der Waals surface area contributed by atoms with Crippen LogP contribution in [0.5, 0.6) is 5.88 Å². The van der Waals surface area contributed by atoms with Crippen LogP contribution in [-0.2, 0) is 18.8 Å². The molecule has 1 aromatic rings. The van der Waals surface area contributed by atoms with Crippen molar-refractivity contribution in [3.8, 4) is 5.88 Å².